The van der Waals surface area contributed by atoms with Crippen molar-refractivity contribution in [3.63, 3.8) is 0 Å². The molecular weight excluding hydrogens is 432 g/mol. The van der Waals surface area contributed by atoms with Crippen LogP contribution in [-0.2, 0) is 23.8 Å². The molecule has 0 bridgehead atoms. The topological polar surface area (TPSA) is 106 Å². The molecule has 1 aliphatic heterocycles. The Labute approximate surface area is 174 Å². The fourth-order valence-electron chi connectivity index (χ4n) is 4.26. The fraction of sp³-hybridized carbons (Fsp3) is 0.800. The number of esters is 1. The smallest absolute Gasteiger partial charge is 0.306 e. The normalized spacial score (nSPS) is 37.2. The number of carboxylic acids is 1. The molecule has 1 heterocycles. The summed E-state index contributed by atoms with van der Waals surface area (Å²) in [7, 11) is 1.53. The van der Waals surface area contributed by atoms with Crippen LogP contribution in [0.25, 0.3) is 0 Å². The fourth-order valence-corrected chi connectivity index (χ4v) is 4.89. The minimum Gasteiger partial charge on any atom is -0.481 e. The molecule has 28 heavy (non-hydrogen) atoms. The van der Waals surface area contributed by atoms with Gasteiger partial charge in [0.15, 0.2) is 0 Å². The van der Waals surface area contributed by atoms with Crippen LogP contribution in [0.15, 0.2) is 11.6 Å². The van der Waals surface area contributed by atoms with Crippen molar-refractivity contribution >= 4 is 27.9 Å². The molecule has 2 aliphatic rings. The molecule has 2 N–H and O–H groups in total. The van der Waals surface area contributed by atoms with Gasteiger partial charge < -0.3 is 24.4 Å². The Morgan fingerprint density at radius 1 is 1.32 bits per heavy atom. The summed E-state index contributed by atoms with van der Waals surface area (Å²) >= 11 is 3.43. The number of alkyl halides is 1. The summed E-state index contributed by atoms with van der Waals surface area (Å²) in [5, 5.41) is 20.4. The van der Waals surface area contributed by atoms with Crippen LogP contribution in [0.1, 0.15) is 52.9 Å². The van der Waals surface area contributed by atoms with Gasteiger partial charge in [0.1, 0.15) is 17.8 Å². The van der Waals surface area contributed by atoms with E-state index in [9.17, 15) is 14.7 Å². The zero-order chi connectivity index (χ0) is 21.1. The zero-order valence-corrected chi connectivity index (χ0v) is 18.5. The van der Waals surface area contributed by atoms with Gasteiger partial charge in [0.2, 0.25) is 0 Å². The highest BCUT2D eigenvalue weighted by Gasteiger charge is 2.67. The average Bonchev–Trinajstić information content (AvgIpc) is 3.30. The van der Waals surface area contributed by atoms with Crippen LogP contribution in [-0.4, -0.2) is 64.1 Å². The second-order valence-electron chi connectivity index (χ2n) is 8.18. The Morgan fingerprint density at radius 2 is 2.00 bits per heavy atom. The van der Waals surface area contributed by atoms with Crippen molar-refractivity contribution in [1.29, 1.82) is 0 Å². The van der Waals surface area contributed by atoms with E-state index in [1.54, 1.807) is 0 Å². The predicted octanol–water partition coefficient (Wildman–Crippen LogP) is 2.83. The van der Waals surface area contributed by atoms with E-state index in [-0.39, 0.29) is 18.9 Å². The van der Waals surface area contributed by atoms with Crippen molar-refractivity contribution in [2.45, 2.75) is 82.4 Å². The molecule has 1 saturated heterocycles. The maximum absolute atomic E-state index is 12.1. The third-order valence-corrected chi connectivity index (χ3v) is 6.77. The largest absolute Gasteiger partial charge is 0.481 e. The van der Waals surface area contributed by atoms with E-state index in [0.717, 1.165) is 6.42 Å². The first-order valence-electron chi connectivity index (χ1n) is 9.61. The lowest BCUT2D eigenvalue weighted by molar-refractivity contribution is -0.192. The molecule has 0 unspecified atom stereocenters. The standard InChI is InChI=1S/C20H31BrO7/c1-12(2)5-6-14-19(3,28-14)18-17(26-4)13(9-10-20(18,25)11-21)27-16(24)8-7-15(22)23/h5,13-14,17-18,25H,6-11H2,1-4H3,(H,22,23)/t13-,14+,17-,18-,19-,20+/m1/s1. The number of allylic oxidation sites excluding steroid dienone is 1. The van der Waals surface area contributed by atoms with E-state index in [0.29, 0.717) is 18.2 Å². The van der Waals surface area contributed by atoms with Gasteiger partial charge in [-0.05, 0) is 40.0 Å². The van der Waals surface area contributed by atoms with Gasteiger partial charge in [0.05, 0.1) is 24.5 Å². The molecule has 2 rings (SSSR count). The SMILES string of the molecule is CO[C@@H]1[C@H](OC(=O)CCC(=O)O)CC[C@](O)(CBr)[C@H]1[C@]1(C)O[C@H]1CC=C(C)C. The molecule has 2 fully saturated rings. The van der Waals surface area contributed by atoms with Gasteiger partial charge in [-0.15, -0.1) is 0 Å². The van der Waals surface area contributed by atoms with Crippen LogP contribution in [0, 0.1) is 5.92 Å². The maximum Gasteiger partial charge on any atom is 0.306 e. The number of aliphatic hydroxyl groups is 1. The number of ether oxygens (including phenoxy) is 3. The van der Waals surface area contributed by atoms with Gasteiger partial charge >= 0.3 is 11.9 Å². The van der Waals surface area contributed by atoms with Crippen LogP contribution >= 0.6 is 15.9 Å². The molecule has 0 aromatic heterocycles. The van der Waals surface area contributed by atoms with E-state index < -0.39 is 41.3 Å². The molecule has 0 aromatic rings. The number of epoxide rings is 1. The Kier molecular flexibility index (Phi) is 7.69. The van der Waals surface area contributed by atoms with Gasteiger partial charge in [0, 0.05) is 18.4 Å². The molecule has 0 aromatic carbocycles. The number of carboxylic acid groups (broad SMARTS) is 1. The second-order valence-corrected chi connectivity index (χ2v) is 8.74. The molecule has 160 valence electrons. The third-order valence-electron chi connectivity index (χ3n) is 5.80. The van der Waals surface area contributed by atoms with Crippen LogP contribution in [0.4, 0.5) is 0 Å². The first kappa shape index (κ1) is 23.3. The number of halogens is 1. The summed E-state index contributed by atoms with van der Waals surface area (Å²) < 4.78 is 17.3. The number of hydrogen-bond acceptors (Lipinski definition) is 6. The summed E-state index contributed by atoms with van der Waals surface area (Å²) in [5.41, 5.74) is -0.453. The minimum atomic E-state index is -1.06. The van der Waals surface area contributed by atoms with Gasteiger partial charge in [-0.25, -0.2) is 0 Å². The van der Waals surface area contributed by atoms with Crippen molar-refractivity contribution in [3.05, 3.63) is 11.6 Å². The van der Waals surface area contributed by atoms with Crippen molar-refractivity contribution in [3.8, 4) is 0 Å². The number of carbonyl (C=O) groups is 2. The van der Waals surface area contributed by atoms with E-state index in [1.165, 1.54) is 12.7 Å². The summed E-state index contributed by atoms with van der Waals surface area (Å²) in [6.07, 6.45) is 2.10. The van der Waals surface area contributed by atoms with Gasteiger partial charge in [0.25, 0.3) is 0 Å². The zero-order valence-electron chi connectivity index (χ0n) is 16.9. The molecule has 1 aliphatic carbocycles. The van der Waals surface area contributed by atoms with Gasteiger partial charge in [-0.2, -0.15) is 0 Å². The molecule has 0 amide bonds. The highest BCUT2D eigenvalue weighted by atomic mass is 79.9. The third kappa shape index (κ3) is 5.14. The average molecular weight is 463 g/mol. The predicted molar refractivity (Wildman–Crippen MR) is 106 cm³/mol. The summed E-state index contributed by atoms with van der Waals surface area (Å²) in [6.45, 7) is 6.02. The Balaban J connectivity index is 2.18. The maximum atomic E-state index is 12.1. The quantitative estimate of drug-likeness (QED) is 0.235. The first-order chi connectivity index (χ1) is 13.1. The van der Waals surface area contributed by atoms with Gasteiger partial charge in [-0.1, -0.05) is 27.6 Å². The Bertz CT molecular complexity index is 618. The monoisotopic (exact) mass is 462 g/mol. The molecule has 6 atom stereocenters. The number of aliphatic carboxylic acids is 1. The highest BCUT2D eigenvalue weighted by molar-refractivity contribution is 9.09. The number of hydrogen-bond donors (Lipinski definition) is 2. The lowest BCUT2D eigenvalue weighted by Gasteiger charge is -2.48. The van der Waals surface area contributed by atoms with Crippen molar-refractivity contribution in [1.82, 2.24) is 0 Å². The van der Waals surface area contributed by atoms with Crippen molar-refractivity contribution < 1.29 is 34.0 Å². The van der Waals surface area contributed by atoms with Gasteiger partial charge in [-0.3, -0.25) is 9.59 Å². The van der Waals surface area contributed by atoms with Crippen LogP contribution in [0.2, 0.25) is 0 Å². The van der Waals surface area contributed by atoms with E-state index in [2.05, 4.69) is 22.0 Å². The second kappa shape index (κ2) is 9.24. The summed E-state index contributed by atoms with van der Waals surface area (Å²) in [4.78, 5) is 22.8. The molecule has 0 radical (unpaired) electrons. The van der Waals surface area contributed by atoms with Crippen LogP contribution in [0.3, 0.4) is 0 Å². The van der Waals surface area contributed by atoms with Crippen molar-refractivity contribution in [2.75, 3.05) is 12.4 Å². The molecule has 8 heteroatoms. The molecular formula is C20H31BrO7. The Hall–Kier alpha value is -0.960. The minimum absolute atomic E-state index is 0.0444. The molecule has 1 saturated carbocycles. The Morgan fingerprint density at radius 3 is 2.54 bits per heavy atom. The van der Waals surface area contributed by atoms with E-state index in [4.69, 9.17) is 19.3 Å². The number of methoxy groups -OCH3 is 1. The van der Waals surface area contributed by atoms with Crippen molar-refractivity contribution in [2.24, 2.45) is 5.92 Å². The number of rotatable bonds is 9. The van der Waals surface area contributed by atoms with Crippen LogP contribution in [0.5, 0.6) is 0 Å². The lowest BCUT2D eigenvalue weighted by Crippen LogP contribution is -2.61. The lowest BCUT2D eigenvalue weighted by atomic mass is 9.66. The van der Waals surface area contributed by atoms with E-state index >= 15 is 0 Å². The molecule has 0 spiro atoms. The summed E-state index contributed by atoms with van der Waals surface area (Å²) in [6, 6.07) is 0. The molecule has 7 nitrogen and oxygen atoms in total. The summed E-state index contributed by atoms with van der Waals surface area (Å²) in [5.74, 6) is -2.01. The van der Waals surface area contributed by atoms with E-state index in [1.807, 2.05) is 20.8 Å². The van der Waals surface area contributed by atoms with Crippen LogP contribution < -0.4 is 0 Å². The highest BCUT2D eigenvalue weighted by Crippen LogP contribution is 2.55. The number of carbonyl (C=O) groups excluding carboxylic acids is 1. The first-order valence-corrected chi connectivity index (χ1v) is 10.7.